The fraction of sp³-hybridized carbons (Fsp3) is 0.286. The highest BCUT2D eigenvalue weighted by atomic mass is 19.1. The Kier molecular flexibility index (Phi) is 3.94. The van der Waals surface area contributed by atoms with E-state index in [2.05, 4.69) is 12.2 Å². The maximum Gasteiger partial charge on any atom is 0.131 e. The van der Waals surface area contributed by atoms with E-state index in [0.717, 1.165) is 24.1 Å². The monoisotopic (exact) mass is 233 g/mol. The third-order valence-corrected chi connectivity index (χ3v) is 2.62. The topological polar surface area (TPSA) is 25.2 Å². The molecular formula is C14H16FNO. The third kappa shape index (κ3) is 2.94. The third-order valence-electron chi connectivity index (χ3n) is 2.62. The molecule has 1 aromatic carbocycles. The molecule has 2 nitrogen and oxygen atoms in total. The summed E-state index contributed by atoms with van der Waals surface area (Å²) in [7, 11) is 0. The molecule has 0 radical (unpaired) electrons. The highest BCUT2D eigenvalue weighted by Crippen LogP contribution is 2.23. The van der Waals surface area contributed by atoms with Gasteiger partial charge in [-0.25, -0.2) is 4.39 Å². The number of furan rings is 1. The van der Waals surface area contributed by atoms with E-state index in [9.17, 15) is 4.39 Å². The quantitative estimate of drug-likeness (QED) is 0.798. The minimum atomic E-state index is -0.206. The predicted molar refractivity (Wildman–Crippen MR) is 66.1 cm³/mol. The second-order valence-electron chi connectivity index (χ2n) is 4.00. The summed E-state index contributed by atoms with van der Waals surface area (Å²) < 4.78 is 18.8. The lowest BCUT2D eigenvalue weighted by Gasteiger charge is -2.06. The van der Waals surface area contributed by atoms with Crippen LogP contribution in [0.15, 0.2) is 41.2 Å². The van der Waals surface area contributed by atoms with Gasteiger partial charge in [0.2, 0.25) is 0 Å². The van der Waals surface area contributed by atoms with Gasteiger partial charge in [0.15, 0.2) is 0 Å². The van der Waals surface area contributed by atoms with Crippen molar-refractivity contribution in [2.45, 2.75) is 19.9 Å². The van der Waals surface area contributed by atoms with Crippen LogP contribution in [-0.2, 0) is 6.54 Å². The second-order valence-corrected chi connectivity index (χ2v) is 4.00. The second kappa shape index (κ2) is 5.64. The lowest BCUT2D eigenvalue weighted by atomic mass is 10.1. The fourth-order valence-electron chi connectivity index (χ4n) is 1.73. The van der Waals surface area contributed by atoms with Crippen LogP contribution >= 0.6 is 0 Å². The van der Waals surface area contributed by atoms with Gasteiger partial charge < -0.3 is 9.73 Å². The zero-order chi connectivity index (χ0) is 12.1. The summed E-state index contributed by atoms with van der Waals surface area (Å²) in [5.41, 5.74) is 2.32. The van der Waals surface area contributed by atoms with Crippen LogP contribution in [0.5, 0.6) is 0 Å². The van der Waals surface area contributed by atoms with Crippen LogP contribution in [0.1, 0.15) is 18.9 Å². The van der Waals surface area contributed by atoms with E-state index in [4.69, 9.17) is 4.42 Å². The molecule has 1 N–H and O–H groups in total. The molecule has 0 saturated carbocycles. The van der Waals surface area contributed by atoms with Gasteiger partial charge in [0.05, 0.1) is 12.5 Å². The molecule has 0 spiro atoms. The number of hydrogen-bond acceptors (Lipinski definition) is 2. The van der Waals surface area contributed by atoms with Crippen LogP contribution in [0.4, 0.5) is 4.39 Å². The van der Waals surface area contributed by atoms with Crippen LogP contribution in [0.2, 0.25) is 0 Å². The molecule has 2 rings (SSSR count). The Morgan fingerprint density at radius 2 is 2.18 bits per heavy atom. The van der Waals surface area contributed by atoms with Crippen LogP contribution in [-0.4, -0.2) is 6.54 Å². The van der Waals surface area contributed by atoms with Crippen LogP contribution in [0.3, 0.4) is 0 Å². The smallest absolute Gasteiger partial charge is 0.131 e. The van der Waals surface area contributed by atoms with Gasteiger partial charge in [-0.3, -0.25) is 0 Å². The minimum absolute atomic E-state index is 0.206. The fourth-order valence-corrected chi connectivity index (χ4v) is 1.73. The molecule has 0 aliphatic rings. The van der Waals surface area contributed by atoms with Gasteiger partial charge in [-0.05, 0) is 30.7 Å². The summed E-state index contributed by atoms with van der Waals surface area (Å²) in [4.78, 5) is 0. The number of halogens is 1. The first-order chi connectivity index (χ1) is 8.31. The number of nitrogens with one attached hydrogen (secondary N) is 1. The molecule has 0 fully saturated rings. The van der Waals surface area contributed by atoms with E-state index in [1.165, 1.54) is 0 Å². The molecule has 2 aromatic rings. The zero-order valence-electron chi connectivity index (χ0n) is 9.87. The van der Waals surface area contributed by atoms with E-state index in [0.29, 0.717) is 12.1 Å². The lowest BCUT2D eigenvalue weighted by molar-refractivity contribution is 0.567. The van der Waals surface area contributed by atoms with E-state index >= 15 is 0 Å². The first kappa shape index (κ1) is 11.9. The number of hydrogen-bond donors (Lipinski definition) is 1. The molecule has 0 saturated heterocycles. The minimum Gasteiger partial charge on any atom is -0.472 e. The van der Waals surface area contributed by atoms with Gasteiger partial charge in [0.25, 0.3) is 0 Å². The van der Waals surface area contributed by atoms with Gasteiger partial charge >= 0.3 is 0 Å². The van der Waals surface area contributed by atoms with Crippen molar-refractivity contribution in [1.29, 1.82) is 0 Å². The average Bonchev–Trinajstić information content (AvgIpc) is 2.83. The van der Waals surface area contributed by atoms with Crippen molar-refractivity contribution in [3.63, 3.8) is 0 Å². The Morgan fingerprint density at radius 3 is 2.82 bits per heavy atom. The summed E-state index contributed by atoms with van der Waals surface area (Å²) in [6, 6.07) is 7.07. The van der Waals surface area contributed by atoms with E-state index in [1.807, 2.05) is 6.07 Å². The molecule has 0 aliphatic heterocycles. The van der Waals surface area contributed by atoms with E-state index in [1.54, 1.807) is 30.7 Å². The molecule has 0 bridgehead atoms. The van der Waals surface area contributed by atoms with Crippen molar-refractivity contribution < 1.29 is 8.81 Å². The Balaban J connectivity index is 2.12. The van der Waals surface area contributed by atoms with Crippen molar-refractivity contribution >= 4 is 0 Å². The molecule has 0 unspecified atom stereocenters. The summed E-state index contributed by atoms with van der Waals surface area (Å²) in [6.45, 7) is 3.76. The first-order valence-corrected chi connectivity index (χ1v) is 5.83. The standard InChI is InChI=1S/C14H16FNO/c1-2-6-16-9-11-3-4-13(14(15)8-11)12-5-7-17-10-12/h3-5,7-8,10,16H,2,6,9H2,1H3. The lowest BCUT2D eigenvalue weighted by Crippen LogP contribution is -2.13. The molecular weight excluding hydrogens is 217 g/mol. The summed E-state index contributed by atoms with van der Waals surface area (Å²) in [5, 5.41) is 3.25. The van der Waals surface area contributed by atoms with Crippen molar-refractivity contribution in [3.8, 4) is 11.1 Å². The normalized spacial score (nSPS) is 10.7. The summed E-state index contributed by atoms with van der Waals surface area (Å²) in [6.07, 6.45) is 4.18. The van der Waals surface area contributed by atoms with E-state index < -0.39 is 0 Å². The average molecular weight is 233 g/mol. The Morgan fingerprint density at radius 1 is 1.29 bits per heavy atom. The maximum atomic E-state index is 13.9. The molecule has 0 atom stereocenters. The summed E-state index contributed by atoms with van der Waals surface area (Å²) in [5.74, 6) is -0.206. The molecule has 1 heterocycles. The van der Waals surface area contributed by atoms with Crippen molar-refractivity contribution in [1.82, 2.24) is 5.32 Å². The van der Waals surface area contributed by atoms with E-state index in [-0.39, 0.29) is 5.82 Å². The Hall–Kier alpha value is -1.61. The first-order valence-electron chi connectivity index (χ1n) is 5.83. The van der Waals surface area contributed by atoms with Gasteiger partial charge in [-0.1, -0.05) is 19.1 Å². The Bertz CT molecular complexity index is 465. The van der Waals surface area contributed by atoms with Crippen molar-refractivity contribution in [2.75, 3.05) is 6.54 Å². The largest absolute Gasteiger partial charge is 0.472 e. The molecule has 3 heteroatoms. The molecule has 90 valence electrons. The SMILES string of the molecule is CCCNCc1ccc(-c2ccoc2)c(F)c1. The maximum absolute atomic E-state index is 13.9. The highest BCUT2D eigenvalue weighted by molar-refractivity contribution is 5.63. The van der Waals surface area contributed by atoms with Crippen LogP contribution < -0.4 is 5.32 Å². The molecule has 17 heavy (non-hydrogen) atoms. The zero-order valence-corrected chi connectivity index (χ0v) is 9.87. The number of rotatable bonds is 5. The van der Waals surface area contributed by atoms with Gasteiger partial charge in [-0.15, -0.1) is 0 Å². The molecule has 1 aromatic heterocycles. The molecule has 0 amide bonds. The van der Waals surface area contributed by atoms with Crippen molar-refractivity contribution in [2.24, 2.45) is 0 Å². The van der Waals surface area contributed by atoms with Gasteiger partial charge in [-0.2, -0.15) is 0 Å². The van der Waals surface area contributed by atoms with Crippen LogP contribution in [0, 0.1) is 5.82 Å². The van der Waals surface area contributed by atoms with Gasteiger partial charge in [0, 0.05) is 17.7 Å². The van der Waals surface area contributed by atoms with Crippen LogP contribution in [0.25, 0.3) is 11.1 Å². The molecule has 0 aliphatic carbocycles. The predicted octanol–water partition coefficient (Wildman–Crippen LogP) is 3.59. The van der Waals surface area contributed by atoms with Gasteiger partial charge in [0.1, 0.15) is 5.82 Å². The van der Waals surface area contributed by atoms with Crippen molar-refractivity contribution in [3.05, 3.63) is 48.2 Å². The number of benzene rings is 1. The highest BCUT2D eigenvalue weighted by Gasteiger charge is 2.06. The Labute approximate surface area is 100 Å². The summed E-state index contributed by atoms with van der Waals surface area (Å²) >= 11 is 0.